The van der Waals surface area contributed by atoms with Crippen LogP contribution in [0.4, 0.5) is 13.2 Å². The Balaban J connectivity index is 1.74. The molecule has 0 saturated carbocycles. The minimum Gasteiger partial charge on any atom is -0.256 e. The molecular weight excluding hydrogens is 345 g/mol. The summed E-state index contributed by atoms with van der Waals surface area (Å²) in [7, 11) is 0. The van der Waals surface area contributed by atoms with Crippen molar-refractivity contribution in [2.24, 2.45) is 4.99 Å². The maximum Gasteiger partial charge on any atom is 0.186 e. The SMILES string of the molecule is CCC1=CN=C1c1ccccc1Cc1nc2c(F)c(F)cc(F)c2s1. The van der Waals surface area contributed by atoms with Crippen LogP contribution in [-0.4, -0.2) is 10.7 Å². The van der Waals surface area contributed by atoms with Gasteiger partial charge in [-0.2, -0.15) is 0 Å². The van der Waals surface area contributed by atoms with Crippen molar-refractivity contribution in [2.75, 3.05) is 0 Å². The molecular formula is C19H13F3N2S. The number of thiazole rings is 1. The van der Waals surface area contributed by atoms with E-state index in [2.05, 4.69) is 16.9 Å². The Morgan fingerprint density at radius 1 is 1.08 bits per heavy atom. The molecule has 2 aromatic carbocycles. The first-order valence-electron chi connectivity index (χ1n) is 7.87. The van der Waals surface area contributed by atoms with Crippen molar-refractivity contribution in [3.63, 3.8) is 0 Å². The number of hydrogen-bond acceptors (Lipinski definition) is 3. The van der Waals surface area contributed by atoms with Gasteiger partial charge in [0.25, 0.3) is 0 Å². The first-order valence-corrected chi connectivity index (χ1v) is 8.68. The van der Waals surface area contributed by atoms with Crippen molar-refractivity contribution in [1.82, 2.24) is 4.98 Å². The Morgan fingerprint density at radius 3 is 2.60 bits per heavy atom. The summed E-state index contributed by atoms with van der Waals surface area (Å²) in [6.45, 7) is 2.07. The lowest BCUT2D eigenvalue weighted by Crippen LogP contribution is -2.13. The fourth-order valence-electron chi connectivity index (χ4n) is 2.89. The Kier molecular flexibility index (Phi) is 3.92. The smallest absolute Gasteiger partial charge is 0.186 e. The maximum atomic E-state index is 13.9. The molecule has 6 heteroatoms. The van der Waals surface area contributed by atoms with Gasteiger partial charge in [-0.05, 0) is 17.6 Å². The second-order valence-electron chi connectivity index (χ2n) is 5.76. The molecule has 0 bridgehead atoms. The van der Waals surface area contributed by atoms with Gasteiger partial charge in [0.15, 0.2) is 11.6 Å². The van der Waals surface area contributed by atoms with Crippen molar-refractivity contribution >= 4 is 27.3 Å². The van der Waals surface area contributed by atoms with E-state index < -0.39 is 17.5 Å². The Morgan fingerprint density at radius 2 is 1.88 bits per heavy atom. The zero-order valence-corrected chi connectivity index (χ0v) is 14.1. The third-order valence-corrected chi connectivity index (χ3v) is 5.27. The minimum atomic E-state index is -1.22. The van der Waals surface area contributed by atoms with Crippen LogP contribution in [0.3, 0.4) is 0 Å². The Hall–Kier alpha value is -2.47. The first kappa shape index (κ1) is 16.0. The predicted molar refractivity (Wildman–Crippen MR) is 93.7 cm³/mol. The third kappa shape index (κ3) is 2.66. The van der Waals surface area contributed by atoms with Crippen LogP contribution in [0.5, 0.6) is 0 Å². The highest BCUT2D eigenvalue weighted by molar-refractivity contribution is 7.18. The lowest BCUT2D eigenvalue weighted by molar-refractivity contribution is 0.504. The van der Waals surface area contributed by atoms with Crippen molar-refractivity contribution < 1.29 is 13.2 Å². The van der Waals surface area contributed by atoms with Gasteiger partial charge < -0.3 is 0 Å². The number of fused-ring (bicyclic) bond motifs is 1. The van der Waals surface area contributed by atoms with Crippen molar-refractivity contribution in [3.8, 4) is 0 Å². The first-order chi connectivity index (χ1) is 12.1. The molecule has 1 aliphatic heterocycles. The normalized spacial score (nSPS) is 13.6. The molecule has 0 N–H and O–H groups in total. The number of aromatic nitrogens is 1. The quantitative estimate of drug-likeness (QED) is 0.573. The zero-order valence-electron chi connectivity index (χ0n) is 13.3. The largest absolute Gasteiger partial charge is 0.256 e. The summed E-state index contributed by atoms with van der Waals surface area (Å²) in [6, 6.07) is 8.32. The maximum absolute atomic E-state index is 13.9. The van der Waals surface area contributed by atoms with Crippen molar-refractivity contribution in [3.05, 3.63) is 75.7 Å². The van der Waals surface area contributed by atoms with Gasteiger partial charge in [0.2, 0.25) is 0 Å². The number of aliphatic imine (C=N–C) groups is 1. The highest BCUT2D eigenvalue weighted by atomic mass is 32.1. The fraction of sp³-hybridized carbons (Fsp3) is 0.158. The summed E-state index contributed by atoms with van der Waals surface area (Å²) >= 11 is 1.05. The molecule has 0 radical (unpaired) electrons. The molecule has 3 aromatic rings. The standard InChI is InChI=1S/C19H13F3N2S/c1-2-10-9-23-17(10)12-6-4-3-5-11(12)7-15-24-18-16(22)13(20)8-14(21)19(18)25-15/h3-6,8-9H,2,7H2,1H3. The van der Waals surface area contributed by atoms with Gasteiger partial charge in [0, 0.05) is 24.3 Å². The van der Waals surface area contributed by atoms with Crippen LogP contribution in [0, 0.1) is 17.5 Å². The molecule has 1 aromatic heterocycles. The van der Waals surface area contributed by atoms with Crippen LogP contribution in [0.25, 0.3) is 10.2 Å². The number of allylic oxidation sites excluding steroid dienone is 1. The van der Waals surface area contributed by atoms with Crippen LogP contribution in [0.2, 0.25) is 0 Å². The highest BCUT2D eigenvalue weighted by Gasteiger charge is 2.20. The van der Waals surface area contributed by atoms with E-state index in [1.165, 1.54) is 5.57 Å². The van der Waals surface area contributed by atoms with E-state index in [4.69, 9.17) is 0 Å². The van der Waals surface area contributed by atoms with Gasteiger partial charge in [0.1, 0.15) is 11.3 Å². The number of nitrogens with zero attached hydrogens (tertiary/aromatic N) is 2. The van der Waals surface area contributed by atoms with Crippen LogP contribution in [0.15, 0.2) is 47.1 Å². The molecule has 0 unspecified atom stereocenters. The molecule has 4 rings (SSSR count). The molecule has 1 aliphatic rings. The van der Waals surface area contributed by atoms with Crippen LogP contribution in [-0.2, 0) is 6.42 Å². The summed E-state index contributed by atoms with van der Waals surface area (Å²) in [6.07, 6.45) is 3.15. The number of rotatable bonds is 4. The molecule has 0 fully saturated rings. The van der Waals surface area contributed by atoms with Crippen LogP contribution < -0.4 is 0 Å². The average Bonchev–Trinajstić information content (AvgIpc) is 2.99. The zero-order chi connectivity index (χ0) is 17.6. The predicted octanol–water partition coefficient (Wildman–Crippen LogP) is 5.40. The molecule has 2 nitrogen and oxygen atoms in total. The second-order valence-corrected chi connectivity index (χ2v) is 6.84. The second kappa shape index (κ2) is 6.11. The van der Waals surface area contributed by atoms with E-state index >= 15 is 0 Å². The topological polar surface area (TPSA) is 25.2 Å². The van der Waals surface area contributed by atoms with Gasteiger partial charge in [-0.25, -0.2) is 18.2 Å². The van der Waals surface area contributed by atoms with Gasteiger partial charge in [-0.15, -0.1) is 11.3 Å². The monoisotopic (exact) mass is 358 g/mol. The average molecular weight is 358 g/mol. The van der Waals surface area contributed by atoms with E-state index in [0.29, 0.717) is 17.5 Å². The summed E-state index contributed by atoms with van der Waals surface area (Å²) in [5, 5.41) is 0.535. The van der Waals surface area contributed by atoms with Crippen LogP contribution in [0.1, 0.15) is 29.5 Å². The third-order valence-electron chi connectivity index (χ3n) is 4.21. The number of hydrogen-bond donors (Lipinski definition) is 0. The highest BCUT2D eigenvalue weighted by Crippen LogP contribution is 2.31. The molecule has 2 heterocycles. The van der Waals surface area contributed by atoms with Gasteiger partial charge in [-0.1, -0.05) is 31.2 Å². The molecule has 25 heavy (non-hydrogen) atoms. The van der Waals surface area contributed by atoms with E-state index in [1.807, 2.05) is 30.5 Å². The molecule has 0 atom stereocenters. The summed E-state index contributed by atoms with van der Waals surface area (Å²) in [5.41, 5.74) is 3.84. The summed E-state index contributed by atoms with van der Waals surface area (Å²) in [5.74, 6) is -3.11. The summed E-state index contributed by atoms with van der Waals surface area (Å²) < 4.78 is 41.2. The molecule has 0 aliphatic carbocycles. The van der Waals surface area contributed by atoms with Gasteiger partial charge in [0.05, 0.1) is 15.4 Å². The lowest BCUT2D eigenvalue weighted by Gasteiger charge is -2.17. The Labute approximate surface area is 146 Å². The lowest BCUT2D eigenvalue weighted by atomic mass is 9.93. The Bertz CT molecular complexity index is 1050. The number of halogens is 3. The van der Waals surface area contributed by atoms with Crippen molar-refractivity contribution in [1.29, 1.82) is 0 Å². The van der Waals surface area contributed by atoms with Crippen molar-refractivity contribution in [2.45, 2.75) is 19.8 Å². The van der Waals surface area contributed by atoms with Gasteiger partial charge >= 0.3 is 0 Å². The van der Waals surface area contributed by atoms with E-state index in [0.717, 1.165) is 34.6 Å². The van der Waals surface area contributed by atoms with Crippen LogP contribution >= 0.6 is 11.3 Å². The molecule has 0 saturated heterocycles. The summed E-state index contributed by atoms with van der Waals surface area (Å²) in [4.78, 5) is 8.47. The molecule has 0 spiro atoms. The van der Waals surface area contributed by atoms with E-state index in [-0.39, 0.29) is 10.2 Å². The van der Waals surface area contributed by atoms with E-state index in [1.54, 1.807) is 0 Å². The molecule has 126 valence electrons. The van der Waals surface area contributed by atoms with Gasteiger partial charge in [-0.3, -0.25) is 4.99 Å². The fourth-order valence-corrected chi connectivity index (χ4v) is 3.88. The van der Waals surface area contributed by atoms with E-state index in [9.17, 15) is 13.2 Å². The minimum absolute atomic E-state index is 0.0431. The number of benzene rings is 2. The molecule has 0 amide bonds.